The quantitative estimate of drug-likeness (QED) is 0.811. The molecule has 0 saturated heterocycles. The molecule has 0 saturated carbocycles. The highest BCUT2D eigenvalue weighted by atomic mass is 79.9. The third-order valence-electron chi connectivity index (χ3n) is 3.27. The molecule has 1 atom stereocenters. The lowest BCUT2D eigenvalue weighted by atomic mass is 9.97. The van der Waals surface area contributed by atoms with E-state index < -0.39 is 0 Å². The van der Waals surface area contributed by atoms with E-state index in [4.69, 9.17) is 0 Å². The lowest BCUT2D eigenvalue weighted by Crippen LogP contribution is -2.24. The van der Waals surface area contributed by atoms with Crippen molar-refractivity contribution in [3.8, 4) is 0 Å². The lowest BCUT2D eigenvalue weighted by molar-refractivity contribution is 0.546. The molecule has 1 nitrogen and oxygen atoms in total. The Bertz CT molecular complexity index is 566. The Kier molecular flexibility index (Phi) is 5.32. The van der Waals surface area contributed by atoms with Gasteiger partial charge in [0.2, 0.25) is 0 Å². The maximum absolute atomic E-state index is 14.2. The van der Waals surface area contributed by atoms with Crippen molar-refractivity contribution < 1.29 is 4.39 Å². The van der Waals surface area contributed by atoms with Gasteiger partial charge in [-0.25, -0.2) is 4.39 Å². The number of aryl methyl sites for hydroxylation is 1. The van der Waals surface area contributed by atoms with Crippen molar-refractivity contribution in [1.29, 1.82) is 0 Å². The van der Waals surface area contributed by atoms with E-state index in [0.29, 0.717) is 5.56 Å². The highest BCUT2D eigenvalue weighted by molar-refractivity contribution is 9.10. The number of halogens is 2. The summed E-state index contributed by atoms with van der Waals surface area (Å²) in [6, 6.07) is 13.3. The van der Waals surface area contributed by atoms with E-state index in [1.54, 1.807) is 6.07 Å². The Balaban J connectivity index is 2.38. The number of hydrogen-bond acceptors (Lipinski definition) is 1. The first-order chi connectivity index (χ1) is 9.61. The SMILES string of the molecule is CCCNC(c1ccc(Br)cc1)c1ccc(C)cc1F. The molecule has 0 spiro atoms. The molecule has 1 unspecified atom stereocenters. The van der Waals surface area contributed by atoms with Gasteiger partial charge in [-0.2, -0.15) is 0 Å². The standard InChI is InChI=1S/C17H19BrFN/c1-3-10-20-17(13-5-7-14(18)8-6-13)15-9-4-12(2)11-16(15)19/h4-9,11,17,20H,3,10H2,1-2H3. The molecule has 0 aliphatic heterocycles. The van der Waals surface area contributed by atoms with Crippen LogP contribution in [-0.4, -0.2) is 6.54 Å². The van der Waals surface area contributed by atoms with Crippen molar-refractivity contribution in [3.63, 3.8) is 0 Å². The summed E-state index contributed by atoms with van der Waals surface area (Å²) >= 11 is 3.43. The molecule has 2 aromatic carbocycles. The third-order valence-corrected chi connectivity index (χ3v) is 3.80. The van der Waals surface area contributed by atoms with Crippen molar-refractivity contribution in [2.45, 2.75) is 26.3 Å². The Hall–Kier alpha value is -1.19. The summed E-state index contributed by atoms with van der Waals surface area (Å²) in [5, 5.41) is 3.43. The first-order valence-electron chi connectivity index (χ1n) is 6.86. The lowest BCUT2D eigenvalue weighted by Gasteiger charge is -2.20. The molecule has 3 heteroatoms. The number of nitrogens with one attached hydrogen (secondary N) is 1. The second-order valence-electron chi connectivity index (χ2n) is 4.96. The van der Waals surface area contributed by atoms with E-state index in [1.165, 1.54) is 0 Å². The molecule has 106 valence electrons. The summed E-state index contributed by atoms with van der Waals surface area (Å²) in [6.45, 7) is 4.87. The van der Waals surface area contributed by atoms with Crippen LogP contribution in [0.4, 0.5) is 4.39 Å². The number of benzene rings is 2. The maximum Gasteiger partial charge on any atom is 0.128 e. The van der Waals surface area contributed by atoms with E-state index in [-0.39, 0.29) is 11.9 Å². The molecular formula is C17H19BrFN. The van der Waals surface area contributed by atoms with E-state index in [0.717, 1.165) is 28.6 Å². The van der Waals surface area contributed by atoms with Gasteiger partial charge in [-0.1, -0.05) is 47.1 Å². The first-order valence-corrected chi connectivity index (χ1v) is 7.66. The van der Waals surface area contributed by atoms with Gasteiger partial charge in [0.1, 0.15) is 5.82 Å². The van der Waals surface area contributed by atoms with Gasteiger partial charge < -0.3 is 5.32 Å². The Morgan fingerprint density at radius 2 is 1.85 bits per heavy atom. The van der Waals surface area contributed by atoms with Crippen molar-refractivity contribution >= 4 is 15.9 Å². The molecule has 2 rings (SSSR count). The van der Waals surface area contributed by atoms with Gasteiger partial charge in [0.05, 0.1) is 6.04 Å². The average Bonchev–Trinajstić information content (AvgIpc) is 2.42. The minimum atomic E-state index is -0.151. The fourth-order valence-electron chi connectivity index (χ4n) is 2.22. The van der Waals surface area contributed by atoms with Crippen molar-refractivity contribution in [2.24, 2.45) is 0 Å². The van der Waals surface area contributed by atoms with Crippen LogP contribution in [0.2, 0.25) is 0 Å². The molecule has 0 aliphatic carbocycles. The van der Waals surface area contributed by atoms with Crippen LogP contribution >= 0.6 is 15.9 Å². The molecule has 0 aliphatic rings. The predicted octanol–water partition coefficient (Wildman–Crippen LogP) is 4.99. The molecule has 0 radical (unpaired) electrons. The van der Waals surface area contributed by atoms with Crippen LogP contribution in [0.25, 0.3) is 0 Å². The summed E-state index contributed by atoms with van der Waals surface area (Å²) in [5.41, 5.74) is 2.71. The topological polar surface area (TPSA) is 12.0 Å². The summed E-state index contributed by atoms with van der Waals surface area (Å²) in [5.74, 6) is -0.151. The van der Waals surface area contributed by atoms with Crippen LogP contribution in [0.15, 0.2) is 46.9 Å². The predicted molar refractivity (Wildman–Crippen MR) is 85.4 cm³/mol. The second kappa shape index (κ2) is 7.00. The molecule has 0 aromatic heterocycles. The summed E-state index contributed by atoms with van der Waals surface area (Å²) in [7, 11) is 0. The summed E-state index contributed by atoms with van der Waals surface area (Å²) in [6.07, 6.45) is 1.01. The molecule has 0 bridgehead atoms. The van der Waals surface area contributed by atoms with Crippen LogP contribution in [0, 0.1) is 12.7 Å². The van der Waals surface area contributed by atoms with E-state index in [9.17, 15) is 4.39 Å². The van der Waals surface area contributed by atoms with Crippen molar-refractivity contribution in [1.82, 2.24) is 5.32 Å². The van der Waals surface area contributed by atoms with E-state index in [1.807, 2.05) is 43.3 Å². The van der Waals surface area contributed by atoms with Gasteiger partial charge >= 0.3 is 0 Å². The zero-order valence-electron chi connectivity index (χ0n) is 11.8. The molecule has 2 aromatic rings. The van der Waals surface area contributed by atoms with Gasteiger partial charge in [0.25, 0.3) is 0 Å². The Morgan fingerprint density at radius 3 is 2.45 bits per heavy atom. The van der Waals surface area contributed by atoms with Crippen LogP contribution in [0.3, 0.4) is 0 Å². The highest BCUT2D eigenvalue weighted by Crippen LogP contribution is 2.26. The zero-order chi connectivity index (χ0) is 14.5. The fourth-order valence-corrected chi connectivity index (χ4v) is 2.48. The van der Waals surface area contributed by atoms with Crippen LogP contribution in [-0.2, 0) is 0 Å². The zero-order valence-corrected chi connectivity index (χ0v) is 13.4. The van der Waals surface area contributed by atoms with Crippen LogP contribution in [0.1, 0.15) is 36.1 Å². The van der Waals surface area contributed by atoms with Crippen LogP contribution < -0.4 is 5.32 Å². The normalized spacial score (nSPS) is 12.4. The fraction of sp³-hybridized carbons (Fsp3) is 0.294. The van der Waals surface area contributed by atoms with E-state index >= 15 is 0 Å². The number of hydrogen-bond donors (Lipinski definition) is 1. The van der Waals surface area contributed by atoms with Crippen molar-refractivity contribution in [3.05, 3.63) is 69.4 Å². The smallest absolute Gasteiger partial charge is 0.128 e. The summed E-state index contributed by atoms with van der Waals surface area (Å²) < 4.78 is 15.3. The van der Waals surface area contributed by atoms with Gasteiger partial charge in [-0.15, -0.1) is 0 Å². The molecule has 1 N–H and O–H groups in total. The monoisotopic (exact) mass is 335 g/mol. The largest absolute Gasteiger partial charge is 0.306 e. The highest BCUT2D eigenvalue weighted by Gasteiger charge is 2.17. The van der Waals surface area contributed by atoms with Gasteiger partial charge in [-0.05, 0) is 49.2 Å². The second-order valence-corrected chi connectivity index (χ2v) is 5.88. The first kappa shape index (κ1) is 15.2. The van der Waals surface area contributed by atoms with Gasteiger partial charge in [0, 0.05) is 10.0 Å². The average molecular weight is 336 g/mol. The minimum absolute atomic E-state index is 0.108. The molecule has 0 heterocycles. The molecule has 0 fully saturated rings. The minimum Gasteiger partial charge on any atom is -0.306 e. The molecular weight excluding hydrogens is 317 g/mol. The molecule has 0 amide bonds. The summed E-state index contributed by atoms with van der Waals surface area (Å²) in [4.78, 5) is 0. The Morgan fingerprint density at radius 1 is 1.15 bits per heavy atom. The van der Waals surface area contributed by atoms with Crippen molar-refractivity contribution in [2.75, 3.05) is 6.54 Å². The maximum atomic E-state index is 14.2. The van der Waals surface area contributed by atoms with Crippen LogP contribution in [0.5, 0.6) is 0 Å². The number of rotatable bonds is 5. The third kappa shape index (κ3) is 3.68. The van der Waals surface area contributed by atoms with Gasteiger partial charge in [-0.3, -0.25) is 0 Å². The Labute approximate surface area is 128 Å². The molecule has 20 heavy (non-hydrogen) atoms. The van der Waals surface area contributed by atoms with E-state index in [2.05, 4.69) is 28.2 Å². The van der Waals surface area contributed by atoms with Gasteiger partial charge in [0.15, 0.2) is 0 Å².